The van der Waals surface area contributed by atoms with E-state index >= 15 is 0 Å². The Labute approximate surface area is 142 Å². The average Bonchev–Trinajstić information content (AvgIpc) is 3.18. The first-order chi connectivity index (χ1) is 11.8. The third kappa shape index (κ3) is 3.57. The highest BCUT2D eigenvalue weighted by Crippen LogP contribution is 2.21. The van der Waals surface area contributed by atoms with E-state index in [4.69, 9.17) is 10.5 Å². The van der Waals surface area contributed by atoms with Crippen LogP contribution in [0.15, 0.2) is 48.5 Å². The summed E-state index contributed by atoms with van der Waals surface area (Å²) in [7, 11) is 0. The zero-order valence-electron chi connectivity index (χ0n) is 12.7. The van der Waals surface area contributed by atoms with Gasteiger partial charge in [0.2, 0.25) is 0 Å². The summed E-state index contributed by atoms with van der Waals surface area (Å²) in [6.07, 6.45) is 0.758. The number of hydrogen-bond donors (Lipinski definition) is 1. The lowest BCUT2D eigenvalue weighted by Gasteiger charge is -1.81. The van der Waals surface area contributed by atoms with Crippen LogP contribution in [0.1, 0.15) is 10.8 Å². The molecule has 116 valence electrons. The summed E-state index contributed by atoms with van der Waals surface area (Å²) in [5, 5.41) is 17.8. The van der Waals surface area contributed by atoms with Gasteiger partial charge in [0.25, 0.3) is 0 Å². The third-order valence-corrected chi connectivity index (χ3v) is 4.29. The predicted molar refractivity (Wildman–Crippen MR) is 94.3 cm³/mol. The summed E-state index contributed by atoms with van der Waals surface area (Å²) in [5.74, 6) is 0.735. The van der Waals surface area contributed by atoms with Crippen molar-refractivity contribution < 1.29 is 0 Å². The molecule has 0 aliphatic heterocycles. The van der Waals surface area contributed by atoms with Crippen LogP contribution >= 0.6 is 11.3 Å². The normalized spacial score (nSPS) is 9.92. The summed E-state index contributed by atoms with van der Waals surface area (Å²) in [6, 6.07) is 19.8. The van der Waals surface area contributed by atoms with Gasteiger partial charge in [-0.1, -0.05) is 24.3 Å². The van der Waals surface area contributed by atoms with Crippen LogP contribution in [0, 0.1) is 22.7 Å². The smallest absolute Gasteiger partial charge is 0.121 e. The molecular weight excluding hydrogens is 318 g/mol. The van der Waals surface area contributed by atoms with Crippen molar-refractivity contribution in [1.82, 2.24) is 15.0 Å². The van der Waals surface area contributed by atoms with Gasteiger partial charge in [-0.15, -0.1) is 11.3 Å². The van der Waals surface area contributed by atoms with Crippen molar-refractivity contribution in [3.63, 3.8) is 0 Å². The van der Waals surface area contributed by atoms with Gasteiger partial charge in [0.05, 0.1) is 46.2 Å². The van der Waals surface area contributed by atoms with Crippen LogP contribution < -0.4 is 0 Å². The SMILES string of the molecule is N#CCc1nc2ccccc2[nH]1.N#CCc1nc2ccccc2s1. The number of aromatic nitrogens is 3. The molecule has 0 fully saturated rings. The van der Waals surface area contributed by atoms with Crippen molar-refractivity contribution in [2.24, 2.45) is 0 Å². The summed E-state index contributed by atoms with van der Waals surface area (Å²) in [6.45, 7) is 0. The molecule has 2 heterocycles. The average molecular weight is 331 g/mol. The van der Waals surface area contributed by atoms with Gasteiger partial charge in [-0.3, -0.25) is 0 Å². The molecule has 0 aliphatic rings. The minimum atomic E-state index is 0.342. The maximum atomic E-state index is 8.46. The molecule has 0 amide bonds. The number of benzene rings is 2. The lowest BCUT2D eigenvalue weighted by atomic mass is 10.3. The second kappa shape index (κ2) is 7.36. The molecule has 24 heavy (non-hydrogen) atoms. The van der Waals surface area contributed by atoms with E-state index in [1.165, 1.54) is 0 Å². The van der Waals surface area contributed by atoms with Crippen LogP contribution in [0.2, 0.25) is 0 Å². The number of H-pyrrole nitrogens is 1. The zero-order chi connectivity index (χ0) is 16.8. The van der Waals surface area contributed by atoms with Crippen molar-refractivity contribution in [3.8, 4) is 12.1 Å². The molecule has 1 N–H and O–H groups in total. The van der Waals surface area contributed by atoms with Crippen molar-refractivity contribution in [3.05, 3.63) is 59.4 Å². The molecule has 0 aliphatic carbocycles. The molecule has 4 aromatic rings. The lowest BCUT2D eigenvalue weighted by molar-refractivity contribution is 1.08. The van der Waals surface area contributed by atoms with Crippen LogP contribution in [0.3, 0.4) is 0 Å². The van der Waals surface area contributed by atoms with Gasteiger partial charge in [-0.2, -0.15) is 10.5 Å². The molecule has 0 bridgehead atoms. The van der Waals surface area contributed by atoms with E-state index in [-0.39, 0.29) is 0 Å². The molecule has 0 saturated carbocycles. The second-order valence-electron chi connectivity index (χ2n) is 4.95. The Morgan fingerprint density at radius 2 is 1.58 bits per heavy atom. The molecule has 2 aromatic carbocycles. The molecule has 0 saturated heterocycles. The van der Waals surface area contributed by atoms with Gasteiger partial charge in [-0.25, -0.2) is 9.97 Å². The van der Waals surface area contributed by atoms with Gasteiger partial charge in [0.1, 0.15) is 10.8 Å². The number of imidazole rings is 1. The van der Waals surface area contributed by atoms with Gasteiger partial charge in [-0.05, 0) is 24.3 Å². The summed E-state index contributed by atoms with van der Waals surface area (Å²) < 4.78 is 1.16. The van der Waals surface area contributed by atoms with E-state index in [9.17, 15) is 0 Å². The van der Waals surface area contributed by atoms with Crippen molar-refractivity contribution in [2.75, 3.05) is 0 Å². The molecule has 0 unspecified atom stereocenters. The number of rotatable bonds is 2. The fraction of sp³-hybridized carbons (Fsp3) is 0.111. The van der Waals surface area contributed by atoms with Crippen LogP contribution in [-0.4, -0.2) is 15.0 Å². The van der Waals surface area contributed by atoms with Crippen molar-refractivity contribution in [2.45, 2.75) is 12.8 Å². The summed E-state index contributed by atoms with van der Waals surface area (Å²) >= 11 is 1.59. The molecule has 0 spiro atoms. The molecule has 5 nitrogen and oxygen atoms in total. The monoisotopic (exact) mass is 331 g/mol. The number of hydrogen-bond acceptors (Lipinski definition) is 5. The molecule has 4 rings (SSSR count). The Balaban J connectivity index is 0.000000141. The fourth-order valence-corrected chi connectivity index (χ4v) is 3.13. The Kier molecular flexibility index (Phi) is 4.81. The van der Waals surface area contributed by atoms with Gasteiger partial charge >= 0.3 is 0 Å². The largest absolute Gasteiger partial charge is 0.341 e. The standard InChI is InChI=1S/C9H7N3.C9H6N2S/c2*10-6-5-9-11-7-3-1-2-4-8(7)12-9/h1-4H,5H2,(H,11,12);1-4H,5H2. The molecule has 2 aromatic heterocycles. The first-order valence-electron chi connectivity index (χ1n) is 7.32. The highest BCUT2D eigenvalue weighted by atomic mass is 32.1. The first-order valence-corrected chi connectivity index (χ1v) is 8.14. The Hall–Kier alpha value is -3.22. The Bertz CT molecular complexity index is 896. The van der Waals surface area contributed by atoms with Crippen LogP contribution in [0.4, 0.5) is 0 Å². The zero-order valence-corrected chi connectivity index (χ0v) is 13.5. The number of fused-ring (bicyclic) bond motifs is 2. The number of para-hydroxylation sites is 3. The van der Waals surface area contributed by atoms with E-state index in [0.29, 0.717) is 12.8 Å². The van der Waals surface area contributed by atoms with Crippen molar-refractivity contribution >= 4 is 32.6 Å². The van der Waals surface area contributed by atoms with Crippen LogP contribution in [0.25, 0.3) is 21.3 Å². The number of thiazole rings is 1. The Morgan fingerprint density at radius 3 is 2.29 bits per heavy atom. The van der Waals surface area contributed by atoms with Gasteiger partial charge in [0.15, 0.2) is 0 Å². The number of nitriles is 2. The number of aromatic amines is 1. The highest BCUT2D eigenvalue weighted by Gasteiger charge is 2.01. The lowest BCUT2D eigenvalue weighted by Crippen LogP contribution is -1.81. The van der Waals surface area contributed by atoms with E-state index in [2.05, 4.69) is 27.1 Å². The highest BCUT2D eigenvalue weighted by molar-refractivity contribution is 7.18. The van der Waals surface area contributed by atoms with E-state index in [1.54, 1.807) is 11.3 Å². The van der Waals surface area contributed by atoms with E-state index in [1.807, 2.05) is 48.5 Å². The van der Waals surface area contributed by atoms with E-state index in [0.717, 1.165) is 32.1 Å². The van der Waals surface area contributed by atoms with Gasteiger partial charge in [0, 0.05) is 0 Å². The Morgan fingerprint density at radius 1 is 0.875 bits per heavy atom. The van der Waals surface area contributed by atoms with E-state index < -0.39 is 0 Å². The minimum absolute atomic E-state index is 0.342. The number of nitrogens with one attached hydrogen (secondary N) is 1. The molecule has 0 atom stereocenters. The maximum absolute atomic E-state index is 8.46. The summed E-state index contributed by atoms with van der Waals surface area (Å²) in [4.78, 5) is 11.6. The van der Waals surface area contributed by atoms with Crippen LogP contribution in [-0.2, 0) is 12.8 Å². The van der Waals surface area contributed by atoms with Gasteiger partial charge < -0.3 is 4.98 Å². The third-order valence-electron chi connectivity index (χ3n) is 3.25. The maximum Gasteiger partial charge on any atom is 0.121 e. The predicted octanol–water partition coefficient (Wildman–Crippen LogP) is 3.99. The fourth-order valence-electron chi connectivity index (χ4n) is 2.23. The molecular formula is C18H13N5S. The number of nitrogens with zero attached hydrogens (tertiary/aromatic N) is 4. The minimum Gasteiger partial charge on any atom is -0.341 e. The quantitative estimate of drug-likeness (QED) is 0.601. The summed E-state index contributed by atoms with van der Waals surface area (Å²) in [5.41, 5.74) is 2.90. The molecule has 0 radical (unpaired) electrons. The first kappa shape index (κ1) is 15.7. The molecule has 6 heteroatoms. The van der Waals surface area contributed by atoms with Crippen LogP contribution in [0.5, 0.6) is 0 Å². The topological polar surface area (TPSA) is 89.1 Å². The van der Waals surface area contributed by atoms with Crippen molar-refractivity contribution in [1.29, 1.82) is 10.5 Å². The second-order valence-corrected chi connectivity index (χ2v) is 6.06.